The molecule has 7 heteroatoms. The van der Waals surface area contributed by atoms with Crippen LogP contribution in [0.1, 0.15) is 12.5 Å². The summed E-state index contributed by atoms with van der Waals surface area (Å²) >= 11 is 1.56. The van der Waals surface area contributed by atoms with Gasteiger partial charge in [-0.2, -0.15) is 0 Å². The van der Waals surface area contributed by atoms with E-state index in [1.165, 1.54) is 0 Å². The van der Waals surface area contributed by atoms with Crippen molar-refractivity contribution in [3.05, 3.63) is 71.9 Å². The number of aryl methyl sites for hydroxylation is 1. The zero-order chi connectivity index (χ0) is 18.1. The average molecular weight is 383 g/mol. The molecule has 2 aromatic heterocycles. The molecule has 2 aromatic carbocycles. The average Bonchev–Trinajstić information content (AvgIpc) is 3.23. The van der Waals surface area contributed by atoms with Crippen LogP contribution in [0.15, 0.2) is 71.2 Å². The Bertz CT molecular complexity index is 1150. The summed E-state index contributed by atoms with van der Waals surface area (Å²) in [6.45, 7) is 1.94. The molecule has 4 aromatic rings. The molecule has 2 heterocycles. The molecule has 0 bridgehead atoms. The third-order valence-corrected chi connectivity index (χ3v) is 6.40. The molecule has 132 valence electrons. The number of anilines is 1. The van der Waals surface area contributed by atoms with Gasteiger partial charge in [0.15, 0.2) is 4.96 Å². The molecule has 0 unspecified atom stereocenters. The van der Waals surface area contributed by atoms with Gasteiger partial charge in [-0.05, 0) is 30.2 Å². The highest BCUT2D eigenvalue weighted by Crippen LogP contribution is 2.26. The maximum absolute atomic E-state index is 12.8. The Morgan fingerprint density at radius 2 is 2.00 bits per heavy atom. The lowest BCUT2D eigenvalue weighted by molar-refractivity contribution is 0.600. The molecule has 5 nitrogen and oxygen atoms in total. The van der Waals surface area contributed by atoms with Crippen LogP contribution in [-0.2, 0) is 16.4 Å². The Kier molecular flexibility index (Phi) is 4.26. The minimum atomic E-state index is -3.64. The van der Waals surface area contributed by atoms with E-state index >= 15 is 0 Å². The highest BCUT2D eigenvalue weighted by molar-refractivity contribution is 7.92. The van der Waals surface area contributed by atoms with Gasteiger partial charge in [0.25, 0.3) is 10.0 Å². The van der Waals surface area contributed by atoms with Crippen LogP contribution >= 0.6 is 11.3 Å². The van der Waals surface area contributed by atoms with Gasteiger partial charge in [0.05, 0.1) is 10.6 Å². The minimum absolute atomic E-state index is 0.315. The first kappa shape index (κ1) is 16.8. The van der Waals surface area contributed by atoms with Gasteiger partial charge in [-0.3, -0.25) is 9.12 Å². The van der Waals surface area contributed by atoms with Gasteiger partial charge in [-0.1, -0.05) is 37.3 Å². The minimum Gasteiger partial charge on any atom is -0.297 e. The third-order valence-electron chi connectivity index (χ3n) is 4.15. The first-order chi connectivity index (χ1) is 12.6. The second-order valence-electron chi connectivity index (χ2n) is 5.87. The molecule has 0 aliphatic heterocycles. The number of nitrogens with one attached hydrogen (secondary N) is 1. The van der Waals surface area contributed by atoms with E-state index in [0.29, 0.717) is 17.0 Å². The van der Waals surface area contributed by atoms with Crippen molar-refractivity contribution >= 4 is 32.0 Å². The van der Waals surface area contributed by atoms with Gasteiger partial charge >= 0.3 is 0 Å². The van der Waals surface area contributed by atoms with E-state index in [0.717, 1.165) is 21.8 Å². The Morgan fingerprint density at radius 1 is 1.15 bits per heavy atom. The molecular weight excluding hydrogens is 366 g/mol. The molecule has 0 amide bonds. The molecule has 0 saturated carbocycles. The SMILES string of the molecule is CCc1ccccc1S(=O)(=O)Nc1cccc(-c2cn3ccsc3n2)c1. The maximum atomic E-state index is 12.8. The van der Waals surface area contributed by atoms with E-state index in [2.05, 4.69) is 9.71 Å². The molecule has 0 saturated heterocycles. The lowest BCUT2D eigenvalue weighted by atomic mass is 10.1. The van der Waals surface area contributed by atoms with E-state index in [9.17, 15) is 8.42 Å². The number of benzene rings is 2. The third kappa shape index (κ3) is 3.11. The van der Waals surface area contributed by atoms with Crippen LogP contribution in [0.25, 0.3) is 16.2 Å². The monoisotopic (exact) mass is 383 g/mol. The summed E-state index contributed by atoms with van der Waals surface area (Å²) in [6, 6.07) is 14.4. The number of rotatable bonds is 5. The topological polar surface area (TPSA) is 63.5 Å². The number of imidazole rings is 1. The van der Waals surface area contributed by atoms with E-state index in [1.54, 1.807) is 35.6 Å². The van der Waals surface area contributed by atoms with Crippen LogP contribution < -0.4 is 4.72 Å². The van der Waals surface area contributed by atoms with Crippen LogP contribution in [0, 0.1) is 0 Å². The predicted molar refractivity (Wildman–Crippen MR) is 105 cm³/mol. The van der Waals surface area contributed by atoms with Crippen molar-refractivity contribution in [3.63, 3.8) is 0 Å². The summed E-state index contributed by atoms with van der Waals surface area (Å²) in [6.07, 6.45) is 4.54. The van der Waals surface area contributed by atoms with Gasteiger partial charge in [0.2, 0.25) is 0 Å². The van der Waals surface area contributed by atoms with E-state index in [1.807, 2.05) is 53.4 Å². The van der Waals surface area contributed by atoms with Gasteiger partial charge in [0, 0.05) is 29.0 Å². The highest BCUT2D eigenvalue weighted by Gasteiger charge is 2.18. The first-order valence-corrected chi connectivity index (χ1v) is 10.6. The van der Waals surface area contributed by atoms with Crippen LogP contribution in [0.5, 0.6) is 0 Å². The molecule has 0 radical (unpaired) electrons. The van der Waals surface area contributed by atoms with Crippen LogP contribution in [0.3, 0.4) is 0 Å². The summed E-state index contributed by atoms with van der Waals surface area (Å²) in [4.78, 5) is 5.79. The summed E-state index contributed by atoms with van der Waals surface area (Å²) in [7, 11) is -3.64. The van der Waals surface area contributed by atoms with Crippen LogP contribution in [0.2, 0.25) is 0 Å². The number of aromatic nitrogens is 2. The standard InChI is InChI=1S/C19H17N3O2S2/c1-2-14-6-3-4-9-18(14)26(23,24)21-16-8-5-7-15(12-16)17-13-22-10-11-25-19(22)20-17/h3-13,21H,2H2,1H3. The molecule has 1 N–H and O–H groups in total. The second kappa shape index (κ2) is 6.59. The fraction of sp³-hybridized carbons (Fsp3) is 0.105. The summed E-state index contributed by atoms with van der Waals surface area (Å²) in [5.74, 6) is 0. The van der Waals surface area contributed by atoms with Gasteiger partial charge in [-0.25, -0.2) is 13.4 Å². The Balaban J connectivity index is 1.67. The van der Waals surface area contributed by atoms with Crippen molar-refractivity contribution in [2.45, 2.75) is 18.2 Å². The molecule has 0 aliphatic carbocycles. The lowest BCUT2D eigenvalue weighted by Crippen LogP contribution is -2.14. The molecule has 0 atom stereocenters. The van der Waals surface area contributed by atoms with Crippen molar-refractivity contribution in [1.82, 2.24) is 9.38 Å². The van der Waals surface area contributed by atoms with E-state index < -0.39 is 10.0 Å². The fourth-order valence-corrected chi connectivity index (χ4v) is 4.94. The number of sulfonamides is 1. The summed E-state index contributed by atoms with van der Waals surface area (Å²) < 4.78 is 30.2. The number of hydrogen-bond donors (Lipinski definition) is 1. The smallest absolute Gasteiger partial charge is 0.262 e. The van der Waals surface area contributed by atoms with Gasteiger partial charge in [0.1, 0.15) is 0 Å². The largest absolute Gasteiger partial charge is 0.297 e. The van der Waals surface area contributed by atoms with Crippen LogP contribution in [-0.4, -0.2) is 17.8 Å². The van der Waals surface area contributed by atoms with Crippen molar-refractivity contribution in [2.24, 2.45) is 0 Å². The Morgan fingerprint density at radius 3 is 2.81 bits per heavy atom. The molecular formula is C19H17N3O2S2. The number of hydrogen-bond acceptors (Lipinski definition) is 4. The normalized spacial score (nSPS) is 11.7. The lowest BCUT2D eigenvalue weighted by Gasteiger charge is -2.12. The Hall–Kier alpha value is -2.64. The highest BCUT2D eigenvalue weighted by atomic mass is 32.2. The summed E-state index contributed by atoms with van der Waals surface area (Å²) in [5, 5.41) is 1.97. The molecule has 0 spiro atoms. The molecule has 0 aliphatic rings. The van der Waals surface area contributed by atoms with Crippen molar-refractivity contribution < 1.29 is 8.42 Å². The fourth-order valence-electron chi connectivity index (χ4n) is 2.88. The zero-order valence-corrected chi connectivity index (χ0v) is 15.7. The zero-order valence-electron chi connectivity index (χ0n) is 14.1. The number of fused-ring (bicyclic) bond motifs is 1. The Labute approximate surface area is 156 Å². The first-order valence-electron chi connectivity index (χ1n) is 8.20. The molecule has 4 rings (SSSR count). The van der Waals surface area contributed by atoms with Crippen molar-refractivity contribution in [1.29, 1.82) is 0 Å². The van der Waals surface area contributed by atoms with E-state index in [-0.39, 0.29) is 0 Å². The van der Waals surface area contributed by atoms with Crippen molar-refractivity contribution in [3.8, 4) is 11.3 Å². The summed E-state index contributed by atoms with van der Waals surface area (Å²) in [5.41, 5.74) is 2.99. The number of thiazole rings is 1. The van der Waals surface area contributed by atoms with E-state index in [4.69, 9.17) is 0 Å². The molecule has 26 heavy (non-hydrogen) atoms. The van der Waals surface area contributed by atoms with Gasteiger partial charge in [-0.15, -0.1) is 11.3 Å². The van der Waals surface area contributed by atoms with Crippen LogP contribution in [0.4, 0.5) is 5.69 Å². The van der Waals surface area contributed by atoms with Crippen molar-refractivity contribution in [2.75, 3.05) is 4.72 Å². The predicted octanol–water partition coefficient (Wildman–Crippen LogP) is 4.43. The second-order valence-corrected chi connectivity index (χ2v) is 8.39. The van der Waals surface area contributed by atoms with Gasteiger partial charge < -0.3 is 0 Å². The maximum Gasteiger partial charge on any atom is 0.262 e. The molecule has 0 fully saturated rings. The quantitative estimate of drug-likeness (QED) is 0.555. The number of nitrogens with zero attached hydrogens (tertiary/aromatic N) is 2.